The molecule has 1 aromatic carbocycles. The smallest absolute Gasteiger partial charge is 0.254 e. The van der Waals surface area contributed by atoms with Gasteiger partial charge in [-0.1, -0.05) is 11.6 Å². The molecular weight excluding hydrogens is 297 g/mol. The van der Waals surface area contributed by atoms with Gasteiger partial charge in [0.2, 0.25) is 0 Å². The molecule has 0 saturated heterocycles. The zero-order valence-corrected chi connectivity index (χ0v) is 12.8. The van der Waals surface area contributed by atoms with E-state index in [0.717, 1.165) is 6.42 Å². The first-order valence-corrected chi connectivity index (χ1v) is 7.46. The summed E-state index contributed by atoms with van der Waals surface area (Å²) in [5.41, 5.74) is -0.0216. The number of amides is 1. The molecule has 5 heteroatoms. The maximum absolute atomic E-state index is 13.6. The van der Waals surface area contributed by atoms with E-state index in [2.05, 4.69) is 5.32 Å². The number of rotatable bonds is 4. The molecule has 2 nitrogen and oxygen atoms in total. The minimum atomic E-state index is -0.564. The first-order valence-electron chi connectivity index (χ1n) is 6.27. The molecule has 1 unspecified atom stereocenters. The highest BCUT2D eigenvalue weighted by Gasteiger charge is 2.15. The van der Waals surface area contributed by atoms with E-state index in [0.29, 0.717) is 5.02 Å². The molecule has 1 aromatic heterocycles. The summed E-state index contributed by atoms with van der Waals surface area (Å²) in [6.45, 7) is 3.94. The van der Waals surface area contributed by atoms with Gasteiger partial charge in [-0.25, -0.2) is 4.39 Å². The van der Waals surface area contributed by atoms with Crippen molar-refractivity contribution in [1.82, 2.24) is 5.32 Å². The quantitative estimate of drug-likeness (QED) is 0.900. The average molecular weight is 312 g/mol. The second kappa shape index (κ2) is 6.37. The van der Waals surface area contributed by atoms with Gasteiger partial charge in [0.25, 0.3) is 5.91 Å². The van der Waals surface area contributed by atoms with Crippen LogP contribution >= 0.6 is 22.9 Å². The van der Waals surface area contributed by atoms with Crippen LogP contribution in [0.15, 0.2) is 30.3 Å². The summed E-state index contributed by atoms with van der Waals surface area (Å²) >= 11 is 7.48. The van der Waals surface area contributed by atoms with Crippen LogP contribution in [0.5, 0.6) is 0 Å². The number of hydrogen-bond donors (Lipinski definition) is 1. The monoisotopic (exact) mass is 311 g/mol. The second-order valence-electron chi connectivity index (χ2n) is 4.72. The highest BCUT2D eigenvalue weighted by molar-refractivity contribution is 7.11. The molecule has 2 aromatic rings. The van der Waals surface area contributed by atoms with Gasteiger partial charge in [0.1, 0.15) is 5.82 Å². The lowest BCUT2D eigenvalue weighted by molar-refractivity contribution is 0.0936. The van der Waals surface area contributed by atoms with Crippen molar-refractivity contribution in [2.75, 3.05) is 0 Å². The van der Waals surface area contributed by atoms with Crippen LogP contribution in [0.1, 0.15) is 27.0 Å². The first kappa shape index (κ1) is 15.0. The summed E-state index contributed by atoms with van der Waals surface area (Å²) in [5.74, 6) is -1.00. The van der Waals surface area contributed by atoms with Crippen molar-refractivity contribution in [1.29, 1.82) is 0 Å². The Morgan fingerprint density at radius 2 is 2.15 bits per heavy atom. The van der Waals surface area contributed by atoms with E-state index in [1.165, 1.54) is 28.0 Å². The SMILES string of the molecule is Cc1ccc(CC(C)NC(=O)c2cc(Cl)ccc2F)s1. The van der Waals surface area contributed by atoms with Gasteiger partial charge in [-0.3, -0.25) is 4.79 Å². The standard InChI is InChI=1S/C15H15ClFNOS/c1-9(7-12-5-3-10(2)20-12)18-15(19)13-8-11(16)4-6-14(13)17/h3-6,8-9H,7H2,1-2H3,(H,18,19). The summed E-state index contributed by atoms with van der Waals surface area (Å²) in [6.07, 6.45) is 0.729. The summed E-state index contributed by atoms with van der Waals surface area (Å²) in [6, 6.07) is 7.98. The van der Waals surface area contributed by atoms with Crippen molar-refractivity contribution in [3.63, 3.8) is 0 Å². The van der Waals surface area contributed by atoms with E-state index >= 15 is 0 Å². The van der Waals surface area contributed by atoms with Crippen LogP contribution in [0.3, 0.4) is 0 Å². The van der Waals surface area contributed by atoms with Crippen molar-refractivity contribution < 1.29 is 9.18 Å². The Balaban J connectivity index is 2.02. The molecular formula is C15H15ClFNOS. The van der Waals surface area contributed by atoms with Crippen molar-refractivity contribution in [2.45, 2.75) is 26.3 Å². The zero-order chi connectivity index (χ0) is 14.7. The molecule has 0 radical (unpaired) electrons. The van der Waals surface area contributed by atoms with Crippen LogP contribution in [0.25, 0.3) is 0 Å². The third-order valence-electron chi connectivity index (χ3n) is 2.85. The van der Waals surface area contributed by atoms with E-state index < -0.39 is 11.7 Å². The Hall–Kier alpha value is -1.39. The van der Waals surface area contributed by atoms with Gasteiger partial charge >= 0.3 is 0 Å². The maximum Gasteiger partial charge on any atom is 0.254 e. The molecule has 0 aliphatic carbocycles. The maximum atomic E-state index is 13.6. The Bertz CT molecular complexity index is 626. The molecule has 2 rings (SSSR count). The second-order valence-corrected chi connectivity index (χ2v) is 6.52. The van der Waals surface area contributed by atoms with Crippen LogP contribution < -0.4 is 5.32 Å². The molecule has 1 N–H and O–H groups in total. The van der Waals surface area contributed by atoms with E-state index in [-0.39, 0.29) is 11.6 Å². The lowest BCUT2D eigenvalue weighted by atomic mass is 10.1. The van der Waals surface area contributed by atoms with Crippen molar-refractivity contribution in [2.24, 2.45) is 0 Å². The number of nitrogens with one attached hydrogen (secondary N) is 1. The molecule has 0 aliphatic heterocycles. The fourth-order valence-electron chi connectivity index (χ4n) is 1.92. The predicted molar refractivity (Wildman–Crippen MR) is 81.1 cm³/mol. The van der Waals surface area contributed by atoms with Crippen LogP contribution in [-0.2, 0) is 6.42 Å². The van der Waals surface area contributed by atoms with Gasteiger partial charge in [-0.15, -0.1) is 11.3 Å². The molecule has 1 atom stereocenters. The summed E-state index contributed by atoms with van der Waals surface area (Å²) in [4.78, 5) is 14.4. The highest BCUT2D eigenvalue weighted by atomic mass is 35.5. The number of halogens is 2. The summed E-state index contributed by atoms with van der Waals surface area (Å²) in [5, 5.41) is 3.14. The lowest BCUT2D eigenvalue weighted by Crippen LogP contribution is -2.34. The first-order chi connectivity index (χ1) is 9.45. The van der Waals surface area contributed by atoms with E-state index in [9.17, 15) is 9.18 Å². The van der Waals surface area contributed by atoms with Gasteiger partial charge in [0.15, 0.2) is 0 Å². The van der Waals surface area contributed by atoms with Gasteiger partial charge < -0.3 is 5.32 Å². The average Bonchev–Trinajstić information content (AvgIpc) is 2.77. The predicted octanol–water partition coefficient (Wildman–Crippen LogP) is 4.21. The van der Waals surface area contributed by atoms with Gasteiger partial charge in [0.05, 0.1) is 5.56 Å². The fourth-order valence-corrected chi connectivity index (χ4v) is 3.11. The summed E-state index contributed by atoms with van der Waals surface area (Å²) < 4.78 is 13.6. The van der Waals surface area contributed by atoms with Gasteiger partial charge in [0, 0.05) is 27.2 Å². The van der Waals surface area contributed by atoms with E-state index in [4.69, 9.17) is 11.6 Å². The minimum absolute atomic E-state index is 0.0216. The van der Waals surface area contributed by atoms with Crippen LogP contribution in [-0.4, -0.2) is 11.9 Å². The number of hydrogen-bond acceptors (Lipinski definition) is 2. The Morgan fingerprint density at radius 3 is 2.80 bits per heavy atom. The molecule has 20 heavy (non-hydrogen) atoms. The van der Waals surface area contributed by atoms with Crippen LogP contribution in [0.4, 0.5) is 4.39 Å². The third kappa shape index (κ3) is 3.81. The number of aryl methyl sites for hydroxylation is 1. The number of carbonyl (C=O) groups excluding carboxylic acids is 1. The van der Waals surface area contributed by atoms with E-state index in [1.807, 2.05) is 26.0 Å². The molecule has 0 fully saturated rings. The Morgan fingerprint density at radius 1 is 1.40 bits per heavy atom. The number of benzene rings is 1. The fraction of sp³-hybridized carbons (Fsp3) is 0.267. The Labute approximate surface area is 126 Å². The Kier molecular flexibility index (Phi) is 4.78. The van der Waals surface area contributed by atoms with E-state index in [1.54, 1.807) is 11.3 Å². The lowest BCUT2D eigenvalue weighted by Gasteiger charge is -2.13. The number of carbonyl (C=O) groups is 1. The van der Waals surface area contributed by atoms with Gasteiger partial charge in [-0.05, 0) is 44.2 Å². The molecule has 0 bridgehead atoms. The molecule has 1 amide bonds. The molecule has 0 saturated carbocycles. The highest BCUT2D eigenvalue weighted by Crippen LogP contribution is 2.18. The normalized spacial score (nSPS) is 12.2. The van der Waals surface area contributed by atoms with Gasteiger partial charge in [-0.2, -0.15) is 0 Å². The number of thiophene rings is 1. The molecule has 0 aliphatic rings. The van der Waals surface area contributed by atoms with Crippen LogP contribution in [0, 0.1) is 12.7 Å². The summed E-state index contributed by atoms with van der Waals surface area (Å²) in [7, 11) is 0. The zero-order valence-electron chi connectivity index (χ0n) is 11.2. The van der Waals surface area contributed by atoms with Crippen LogP contribution in [0.2, 0.25) is 5.02 Å². The minimum Gasteiger partial charge on any atom is -0.349 e. The molecule has 106 valence electrons. The van der Waals surface area contributed by atoms with Crippen molar-refractivity contribution >= 4 is 28.8 Å². The molecule has 1 heterocycles. The third-order valence-corrected chi connectivity index (χ3v) is 4.11. The largest absolute Gasteiger partial charge is 0.349 e. The van der Waals surface area contributed by atoms with Crippen molar-refractivity contribution in [3.05, 3.63) is 56.5 Å². The molecule has 0 spiro atoms. The van der Waals surface area contributed by atoms with Crippen molar-refractivity contribution in [3.8, 4) is 0 Å². The topological polar surface area (TPSA) is 29.1 Å².